The molecule has 6 heteroatoms. The third-order valence-corrected chi connectivity index (χ3v) is 5.54. The van der Waals surface area contributed by atoms with E-state index in [2.05, 4.69) is 31.9 Å². The molecule has 1 aliphatic carbocycles. The van der Waals surface area contributed by atoms with E-state index in [-0.39, 0.29) is 11.9 Å². The number of benzene rings is 3. The molecule has 0 heterocycles. The summed E-state index contributed by atoms with van der Waals surface area (Å²) in [7, 11) is 0. The van der Waals surface area contributed by atoms with Crippen molar-refractivity contribution < 1.29 is 9.59 Å². The van der Waals surface area contributed by atoms with Crippen LogP contribution in [0.1, 0.15) is 18.4 Å². The van der Waals surface area contributed by atoms with Crippen molar-refractivity contribution in [3.8, 4) is 0 Å². The smallest absolute Gasteiger partial charge is 0.323 e. The largest absolute Gasteiger partial charge is 0.325 e. The highest BCUT2D eigenvalue weighted by Crippen LogP contribution is 2.49. The second kappa shape index (κ2) is 8.09. The molecule has 0 spiro atoms. The quantitative estimate of drug-likeness (QED) is 0.462. The van der Waals surface area contributed by atoms with Gasteiger partial charge in [0.05, 0.1) is 5.41 Å². The van der Waals surface area contributed by atoms with E-state index in [1.54, 1.807) is 24.3 Å². The normalized spacial score (nSPS) is 14.0. The molecule has 3 amide bonds. The maximum atomic E-state index is 12.8. The first-order chi connectivity index (χ1) is 14.0. The third kappa shape index (κ3) is 4.49. The van der Waals surface area contributed by atoms with Gasteiger partial charge in [0.15, 0.2) is 0 Å². The summed E-state index contributed by atoms with van der Waals surface area (Å²) in [5.74, 6) is 0.00218. The molecule has 0 aliphatic heterocycles. The minimum Gasteiger partial charge on any atom is -0.325 e. The molecule has 1 fully saturated rings. The maximum absolute atomic E-state index is 12.8. The van der Waals surface area contributed by atoms with Gasteiger partial charge in [0.2, 0.25) is 5.91 Å². The highest BCUT2D eigenvalue weighted by molar-refractivity contribution is 9.10. The Labute approximate surface area is 177 Å². The van der Waals surface area contributed by atoms with Gasteiger partial charge in [-0.25, -0.2) is 4.79 Å². The standard InChI is InChI=1S/C23H20BrN3O2/c24-17-8-6-16(7-9-17)23(14-15-23)21(28)25-19-10-12-20(13-11-19)27-22(29)26-18-4-2-1-3-5-18/h1-13H,14-15H2,(H,25,28)(H2,26,27,29). The van der Waals surface area contributed by atoms with Crippen molar-refractivity contribution in [2.24, 2.45) is 0 Å². The molecule has 5 nitrogen and oxygen atoms in total. The Hall–Kier alpha value is -3.12. The fourth-order valence-corrected chi connectivity index (χ4v) is 3.51. The van der Waals surface area contributed by atoms with Crippen molar-refractivity contribution in [1.82, 2.24) is 0 Å². The Bertz CT molecular complexity index is 1010. The molecular formula is C23H20BrN3O2. The lowest BCUT2D eigenvalue weighted by atomic mass is 9.95. The number of carbonyl (C=O) groups is 2. The van der Waals surface area contributed by atoms with E-state index in [1.807, 2.05) is 54.6 Å². The number of hydrogen-bond acceptors (Lipinski definition) is 2. The monoisotopic (exact) mass is 449 g/mol. The number of hydrogen-bond donors (Lipinski definition) is 3. The summed E-state index contributed by atoms with van der Waals surface area (Å²) in [6.07, 6.45) is 1.69. The van der Waals surface area contributed by atoms with Gasteiger partial charge in [-0.05, 0) is 66.9 Å². The predicted octanol–water partition coefficient (Wildman–Crippen LogP) is 5.76. The molecule has 29 heavy (non-hydrogen) atoms. The van der Waals surface area contributed by atoms with Crippen LogP contribution in [-0.4, -0.2) is 11.9 Å². The molecule has 4 rings (SSSR count). The predicted molar refractivity (Wildman–Crippen MR) is 119 cm³/mol. The van der Waals surface area contributed by atoms with Crippen LogP contribution in [0.5, 0.6) is 0 Å². The van der Waals surface area contributed by atoms with E-state index >= 15 is 0 Å². The zero-order chi connectivity index (χ0) is 20.3. The summed E-state index contributed by atoms with van der Waals surface area (Å²) in [5, 5.41) is 8.54. The van der Waals surface area contributed by atoms with Crippen LogP contribution in [0, 0.1) is 0 Å². The topological polar surface area (TPSA) is 70.2 Å². The molecule has 3 aromatic rings. The lowest BCUT2D eigenvalue weighted by Gasteiger charge is -2.16. The van der Waals surface area contributed by atoms with Crippen LogP contribution in [0.2, 0.25) is 0 Å². The van der Waals surface area contributed by atoms with Gasteiger partial charge in [-0.15, -0.1) is 0 Å². The number of para-hydroxylation sites is 1. The fraction of sp³-hybridized carbons (Fsp3) is 0.130. The van der Waals surface area contributed by atoms with E-state index in [4.69, 9.17) is 0 Å². The van der Waals surface area contributed by atoms with Crippen molar-refractivity contribution in [2.75, 3.05) is 16.0 Å². The van der Waals surface area contributed by atoms with Gasteiger partial charge in [0, 0.05) is 21.5 Å². The van der Waals surface area contributed by atoms with E-state index < -0.39 is 5.41 Å². The van der Waals surface area contributed by atoms with Gasteiger partial charge < -0.3 is 16.0 Å². The Morgan fingerprint density at radius 3 is 1.76 bits per heavy atom. The van der Waals surface area contributed by atoms with Crippen LogP contribution in [-0.2, 0) is 10.2 Å². The first-order valence-electron chi connectivity index (χ1n) is 9.36. The molecule has 0 aromatic heterocycles. The second-order valence-electron chi connectivity index (χ2n) is 7.07. The van der Waals surface area contributed by atoms with Crippen molar-refractivity contribution in [1.29, 1.82) is 0 Å². The molecule has 0 atom stereocenters. The van der Waals surface area contributed by atoms with Crippen LogP contribution >= 0.6 is 15.9 Å². The zero-order valence-corrected chi connectivity index (χ0v) is 17.2. The minimum absolute atomic E-state index is 0.00218. The highest BCUT2D eigenvalue weighted by Gasteiger charge is 2.51. The van der Waals surface area contributed by atoms with Gasteiger partial charge in [-0.3, -0.25) is 4.79 Å². The molecular weight excluding hydrogens is 430 g/mol. The summed E-state index contributed by atoms with van der Waals surface area (Å²) in [6.45, 7) is 0. The number of halogens is 1. The molecule has 3 N–H and O–H groups in total. The lowest BCUT2D eigenvalue weighted by molar-refractivity contribution is -0.118. The minimum atomic E-state index is -0.437. The van der Waals surface area contributed by atoms with Crippen molar-refractivity contribution >= 4 is 44.9 Å². The molecule has 3 aromatic carbocycles. The average Bonchev–Trinajstić information content (AvgIpc) is 3.53. The fourth-order valence-electron chi connectivity index (χ4n) is 3.24. The Morgan fingerprint density at radius 1 is 0.690 bits per heavy atom. The van der Waals surface area contributed by atoms with E-state index in [1.165, 1.54) is 0 Å². The van der Waals surface area contributed by atoms with Crippen LogP contribution in [0.25, 0.3) is 0 Å². The van der Waals surface area contributed by atoms with Crippen molar-refractivity contribution in [3.05, 3.63) is 88.9 Å². The third-order valence-electron chi connectivity index (χ3n) is 5.01. The second-order valence-corrected chi connectivity index (χ2v) is 7.98. The first kappa shape index (κ1) is 19.2. The summed E-state index contributed by atoms with van der Waals surface area (Å²) >= 11 is 3.43. The number of anilines is 3. The Morgan fingerprint density at radius 2 is 1.21 bits per heavy atom. The van der Waals surface area contributed by atoms with Crippen LogP contribution < -0.4 is 16.0 Å². The van der Waals surface area contributed by atoms with Gasteiger partial charge in [0.1, 0.15) is 0 Å². The van der Waals surface area contributed by atoms with Crippen LogP contribution in [0.15, 0.2) is 83.3 Å². The first-order valence-corrected chi connectivity index (χ1v) is 10.2. The maximum Gasteiger partial charge on any atom is 0.323 e. The Balaban J connectivity index is 1.36. The highest BCUT2D eigenvalue weighted by atomic mass is 79.9. The van der Waals surface area contributed by atoms with E-state index in [0.717, 1.165) is 28.6 Å². The summed E-state index contributed by atoms with van der Waals surface area (Å²) in [6, 6.07) is 23.9. The number of nitrogens with one attached hydrogen (secondary N) is 3. The summed E-state index contributed by atoms with van der Waals surface area (Å²) < 4.78 is 0.997. The Kier molecular flexibility index (Phi) is 5.36. The summed E-state index contributed by atoms with van der Waals surface area (Å²) in [5.41, 5.74) is 2.66. The molecule has 0 unspecified atom stereocenters. The van der Waals surface area contributed by atoms with Gasteiger partial charge >= 0.3 is 6.03 Å². The molecule has 0 saturated heterocycles. The zero-order valence-electron chi connectivity index (χ0n) is 15.6. The lowest BCUT2D eigenvalue weighted by Crippen LogP contribution is -2.27. The van der Waals surface area contributed by atoms with Gasteiger partial charge in [-0.2, -0.15) is 0 Å². The molecule has 1 aliphatic rings. The number of urea groups is 1. The van der Waals surface area contributed by atoms with Gasteiger partial charge in [-0.1, -0.05) is 46.3 Å². The number of carbonyl (C=O) groups excluding carboxylic acids is 2. The molecule has 0 bridgehead atoms. The van der Waals surface area contributed by atoms with E-state index in [0.29, 0.717) is 11.4 Å². The molecule has 1 saturated carbocycles. The summed E-state index contributed by atoms with van der Waals surface area (Å²) in [4.78, 5) is 24.9. The van der Waals surface area contributed by atoms with Crippen LogP contribution in [0.3, 0.4) is 0 Å². The van der Waals surface area contributed by atoms with Crippen molar-refractivity contribution in [3.63, 3.8) is 0 Å². The molecule has 0 radical (unpaired) electrons. The SMILES string of the molecule is O=C(Nc1ccccc1)Nc1ccc(NC(=O)C2(c3ccc(Br)cc3)CC2)cc1. The van der Waals surface area contributed by atoms with Crippen LogP contribution in [0.4, 0.5) is 21.9 Å². The number of rotatable bonds is 5. The van der Waals surface area contributed by atoms with E-state index in [9.17, 15) is 9.59 Å². The number of amides is 3. The average molecular weight is 450 g/mol. The molecule has 146 valence electrons. The van der Waals surface area contributed by atoms with Gasteiger partial charge in [0.25, 0.3) is 0 Å². The van der Waals surface area contributed by atoms with Crippen molar-refractivity contribution in [2.45, 2.75) is 18.3 Å².